The lowest BCUT2D eigenvalue weighted by molar-refractivity contribution is -0.180. The van der Waals surface area contributed by atoms with Gasteiger partial charge in [0.05, 0.1) is 33.2 Å². The number of carbonyl (C=O) groups excluding carboxylic acids is 3. The first-order chi connectivity index (χ1) is 10.0. The van der Waals surface area contributed by atoms with Gasteiger partial charge in [-0.1, -0.05) is 6.08 Å². The van der Waals surface area contributed by atoms with E-state index in [0.717, 1.165) is 6.42 Å². The molecule has 6 nitrogen and oxygen atoms in total. The molecule has 3 aliphatic carbocycles. The SMILES string of the molecule is COC(=O)C1=C[C@@H]2C[C@H]1[C@@H]1[C@@H](C(=O)OC)[C@@H](C(=O)OC)[C@@H]12. The van der Waals surface area contributed by atoms with Gasteiger partial charge in [0.2, 0.25) is 0 Å². The zero-order valence-corrected chi connectivity index (χ0v) is 12.2. The van der Waals surface area contributed by atoms with E-state index in [-0.39, 0.29) is 35.6 Å². The summed E-state index contributed by atoms with van der Waals surface area (Å²) in [6.45, 7) is 0. The van der Waals surface area contributed by atoms with Gasteiger partial charge < -0.3 is 14.2 Å². The Morgan fingerprint density at radius 3 is 2.05 bits per heavy atom. The van der Waals surface area contributed by atoms with Crippen LogP contribution in [0.15, 0.2) is 11.6 Å². The van der Waals surface area contributed by atoms with Crippen LogP contribution >= 0.6 is 0 Å². The Kier molecular flexibility index (Phi) is 3.26. The van der Waals surface area contributed by atoms with E-state index < -0.39 is 17.8 Å². The van der Waals surface area contributed by atoms with Crippen LogP contribution in [0.4, 0.5) is 0 Å². The van der Waals surface area contributed by atoms with Gasteiger partial charge >= 0.3 is 17.9 Å². The van der Waals surface area contributed by atoms with Crippen LogP contribution < -0.4 is 0 Å². The van der Waals surface area contributed by atoms with E-state index in [0.29, 0.717) is 5.57 Å². The van der Waals surface area contributed by atoms with Crippen LogP contribution in [0.25, 0.3) is 0 Å². The molecule has 0 heterocycles. The van der Waals surface area contributed by atoms with Gasteiger partial charge in [-0.25, -0.2) is 4.79 Å². The minimum absolute atomic E-state index is 0.0162. The standard InChI is InChI=1S/C15H18O6/c1-19-13(16)8-5-6-4-7(8)10-9(6)11(14(17)20-2)12(10)15(18)21-3/h5-7,9-12H,4H2,1-3H3/t6-,7+,9+,10-,11-,12+/m0/s1. The maximum Gasteiger partial charge on any atom is 0.333 e. The molecule has 0 saturated heterocycles. The highest BCUT2D eigenvalue weighted by Gasteiger charge is 2.68. The monoisotopic (exact) mass is 294 g/mol. The average molecular weight is 294 g/mol. The van der Waals surface area contributed by atoms with Gasteiger partial charge in [-0.3, -0.25) is 9.59 Å². The van der Waals surface area contributed by atoms with Crippen molar-refractivity contribution >= 4 is 17.9 Å². The topological polar surface area (TPSA) is 78.9 Å². The number of carbonyl (C=O) groups is 3. The predicted molar refractivity (Wildman–Crippen MR) is 69.7 cm³/mol. The molecule has 21 heavy (non-hydrogen) atoms. The van der Waals surface area contributed by atoms with Crippen molar-refractivity contribution in [2.45, 2.75) is 6.42 Å². The molecule has 0 amide bonds. The van der Waals surface area contributed by atoms with Crippen molar-refractivity contribution in [3.05, 3.63) is 11.6 Å². The molecule has 0 aromatic carbocycles. The predicted octanol–water partition coefficient (Wildman–Crippen LogP) is 0.560. The molecule has 0 aromatic rings. The first-order valence-corrected chi connectivity index (χ1v) is 7.00. The molecular weight excluding hydrogens is 276 g/mol. The summed E-state index contributed by atoms with van der Waals surface area (Å²) in [5, 5.41) is 0. The lowest BCUT2D eigenvalue weighted by Gasteiger charge is -2.50. The smallest absolute Gasteiger partial charge is 0.333 e. The fourth-order valence-electron chi connectivity index (χ4n) is 4.57. The number of rotatable bonds is 3. The van der Waals surface area contributed by atoms with E-state index in [1.165, 1.54) is 21.3 Å². The Hall–Kier alpha value is -1.85. The van der Waals surface area contributed by atoms with Crippen LogP contribution in [0.3, 0.4) is 0 Å². The molecule has 6 heteroatoms. The maximum atomic E-state index is 12.0. The number of methoxy groups -OCH3 is 3. The Balaban J connectivity index is 1.91. The molecule has 2 bridgehead atoms. The van der Waals surface area contributed by atoms with E-state index in [1.807, 2.05) is 6.08 Å². The summed E-state index contributed by atoms with van der Waals surface area (Å²) in [6, 6.07) is 0. The molecule has 114 valence electrons. The van der Waals surface area contributed by atoms with Crippen LogP contribution in [0, 0.1) is 35.5 Å². The molecule has 0 unspecified atom stereocenters. The van der Waals surface area contributed by atoms with Crippen LogP contribution in [-0.4, -0.2) is 39.2 Å². The van der Waals surface area contributed by atoms with Gasteiger partial charge in [0, 0.05) is 5.57 Å². The highest BCUT2D eigenvalue weighted by atomic mass is 16.5. The molecule has 0 radical (unpaired) electrons. The Labute approximate surface area is 122 Å². The van der Waals surface area contributed by atoms with Gasteiger partial charge in [-0.05, 0) is 30.1 Å². The van der Waals surface area contributed by atoms with E-state index in [9.17, 15) is 14.4 Å². The molecule has 3 aliphatic rings. The summed E-state index contributed by atoms with van der Waals surface area (Å²) in [6.07, 6.45) is 2.70. The van der Waals surface area contributed by atoms with E-state index in [4.69, 9.17) is 14.2 Å². The van der Waals surface area contributed by atoms with Crippen molar-refractivity contribution < 1.29 is 28.6 Å². The largest absolute Gasteiger partial charge is 0.469 e. The van der Waals surface area contributed by atoms with Gasteiger partial charge in [0.15, 0.2) is 0 Å². The lowest BCUT2D eigenvalue weighted by atomic mass is 9.52. The van der Waals surface area contributed by atoms with Crippen LogP contribution in [0.5, 0.6) is 0 Å². The molecule has 0 aliphatic heterocycles. The summed E-state index contributed by atoms with van der Waals surface area (Å²) >= 11 is 0. The third-order valence-corrected chi connectivity index (χ3v) is 5.31. The lowest BCUT2D eigenvalue weighted by Crippen LogP contribution is -2.57. The molecule has 0 N–H and O–H groups in total. The summed E-state index contributed by atoms with van der Waals surface area (Å²) < 4.78 is 14.5. The normalized spacial score (nSPS) is 38.9. The Morgan fingerprint density at radius 2 is 1.52 bits per heavy atom. The second-order valence-electron chi connectivity index (χ2n) is 5.87. The third kappa shape index (κ3) is 1.74. The summed E-state index contributed by atoms with van der Waals surface area (Å²) in [5.41, 5.74) is 0.640. The minimum atomic E-state index is -0.518. The van der Waals surface area contributed by atoms with Gasteiger partial charge in [-0.15, -0.1) is 0 Å². The Morgan fingerprint density at radius 1 is 0.952 bits per heavy atom. The highest BCUT2D eigenvalue weighted by molar-refractivity contribution is 5.92. The van der Waals surface area contributed by atoms with Crippen molar-refractivity contribution in [2.75, 3.05) is 21.3 Å². The van der Waals surface area contributed by atoms with Crippen molar-refractivity contribution in [1.29, 1.82) is 0 Å². The molecule has 6 atom stereocenters. The van der Waals surface area contributed by atoms with Crippen molar-refractivity contribution in [1.82, 2.24) is 0 Å². The van der Waals surface area contributed by atoms with Crippen LogP contribution in [-0.2, 0) is 28.6 Å². The number of hydrogen-bond donors (Lipinski definition) is 0. The number of fused-ring (bicyclic) bond motifs is 5. The zero-order chi connectivity index (χ0) is 15.3. The highest BCUT2D eigenvalue weighted by Crippen LogP contribution is 2.66. The Bertz CT molecular complexity index is 536. The summed E-state index contributed by atoms with van der Waals surface area (Å²) in [5.74, 6) is -1.92. The first kappa shape index (κ1) is 14.1. The third-order valence-electron chi connectivity index (χ3n) is 5.31. The van der Waals surface area contributed by atoms with Crippen molar-refractivity contribution in [3.8, 4) is 0 Å². The zero-order valence-electron chi connectivity index (χ0n) is 12.2. The number of ether oxygens (including phenoxy) is 3. The fourth-order valence-corrected chi connectivity index (χ4v) is 4.57. The van der Waals surface area contributed by atoms with E-state index in [1.54, 1.807) is 0 Å². The van der Waals surface area contributed by atoms with Crippen LogP contribution in [0.1, 0.15) is 6.42 Å². The van der Waals surface area contributed by atoms with Gasteiger partial charge in [-0.2, -0.15) is 0 Å². The maximum absolute atomic E-state index is 12.0. The second-order valence-corrected chi connectivity index (χ2v) is 5.87. The second kappa shape index (κ2) is 4.86. The quantitative estimate of drug-likeness (QED) is 0.559. The van der Waals surface area contributed by atoms with Crippen molar-refractivity contribution in [2.24, 2.45) is 35.5 Å². The van der Waals surface area contributed by atoms with Crippen LogP contribution in [0.2, 0.25) is 0 Å². The van der Waals surface area contributed by atoms with Gasteiger partial charge in [0.25, 0.3) is 0 Å². The molecule has 0 aromatic heterocycles. The molecular formula is C15H18O6. The van der Waals surface area contributed by atoms with E-state index in [2.05, 4.69) is 0 Å². The summed E-state index contributed by atoms with van der Waals surface area (Å²) in [7, 11) is 3.99. The molecule has 2 saturated carbocycles. The summed E-state index contributed by atoms with van der Waals surface area (Å²) in [4.78, 5) is 35.8. The molecule has 3 rings (SSSR count). The number of hydrogen-bond acceptors (Lipinski definition) is 6. The van der Waals surface area contributed by atoms with Crippen molar-refractivity contribution in [3.63, 3.8) is 0 Å². The van der Waals surface area contributed by atoms with E-state index >= 15 is 0 Å². The number of esters is 3. The molecule has 2 fully saturated rings. The average Bonchev–Trinajstić information content (AvgIpc) is 3.00. The van der Waals surface area contributed by atoms with Gasteiger partial charge in [0.1, 0.15) is 0 Å². The number of allylic oxidation sites excluding steroid dienone is 1. The fraction of sp³-hybridized carbons (Fsp3) is 0.667. The first-order valence-electron chi connectivity index (χ1n) is 7.00. The molecule has 0 spiro atoms. The minimum Gasteiger partial charge on any atom is -0.469 e.